The molecule has 4 heteroatoms. The molecule has 3 fully saturated rings. The highest BCUT2D eigenvalue weighted by Gasteiger charge is 2.44. The van der Waals surface area contributed by atoms with Gasteiger partial charge in [-0.05, 0) is 116 Å². The lowest BCUT2D eigenvalue weighted by molar-refractivity contribution is -0.142. The predicted octanol–water partition coefficient (Wildman–Crippen LogP) is 10.5. The fourth-order valence-corrected chi connectivity index (χ4v) is 10.6. The molecule has 0 amide bonds. The Morgan fingerprint density at radius 2 is 1.29 bits per heavy atom. The van der Waals surface area contributed by atoms with Gasteiger partial charge in [0.05, 0.1) is 0 Å². The zero-order chi connectivity index (χ0) is 36.3. The molecule has 2 aromatic carbocycles. The van der Waals surface area contributed by atoms with Crippen molar-refractivity contribution in [2.75, 3.05) is 0 Å². The zero-order valence-corrected chi connectivity index (χ0v) is 32.4. The van der Waals surface area contributed by atoms with Crippen LogP contribution in [0.25, 0.3) is 0 Å². The van der Waals surface area contributed by atoms with Gasteiger partial charge in [0.1, 0.15) is 23.1 Å². The summed E-state index contributed by atoms with van der Waals surface area (Å²) in [7, 11) is 0. The quantitative estimate of drug-likeness (QED) is 0.235. The molecule has 0 bridgehead atoms. The lowest BCUT2D eigenvalue weighted by Crippen LogP contribution is -2.41. The smallest absolute Gasteiger partial charge is 0.142 e. The maximum Gasteiger partial charge on any atom is 0.142 e. The minimum absolute atomic E-state index is 0.0212. The van der Waals surface area contributed by atoms with Crippen molar-refractivity contribution in [2.24, 2.45) is 40.9 Å². The van der Waals surface area contributed by atoms with E-state index < -0.39 is 5.41 Å². The third-order valence-corrected chi connectivity index (χ3v) is 13.9. The molecule has 2 aromatic rings. The van der Waals surface area contributed by atoms with Gasteiger partial charge in [-0.15, -0.1) is 0 Å². The minimum Gasteiger partial charge on any atom is -0.299 e. The molecular weight excluding hydrogens is 629 g/mol. The van der Waals surface area contributed by atoms with Crippen LogP contribution in [0.15, 0.2) is 42.5 Å². The van der Waals surface area contributed by atoms with Crippen LogP contribution in [0.5, 0.6) is 0 Å². The van der Waals surface area contributed by atoms with Gasteiger partial charge in [-0.3, -0.25) is 19.2 Å². The number of Topliss-reactive ketones (excluding diaryl/α,β-unsaturated/α-hetero) is 4. The van der Waals surface area contributed by atoms with E-state index in [1.807, 2.05) is 13.0 Å². The van der Waals surface area contributed by atoms with E-state index in [4.69, 9.17) is 0 Å². The summed E-state index contributed by atoms with van der Waals surface area (Å²) in [4.78, 5) is 56.0. The van der Waals surface area contributed by atoms with Crippen LogP contribution in [0.2, 0.25) is 0 Å². The molecule has 0 N–H and O–H groups in total. The summed E-state index contributed by atoms with van der Waals surface area (Å²) in [6, 6.07) is 14.7. The molecule has 276 valence electrons. The average Bonchev–Trinajstić information content (AvgIpc) is 3.12. The van der Waals surface area contributed by atoms with Crippen molar-refractivity contribution in [2.45, 2.75) is 156 Å². The molecule has 0 aliphatic heterocycles. The van der Waals surface area contributed by atoms with Crippen LogP contribution in [-0.4, -0.2) is 23.1 Å². The van der Waals surface area contributed by atoms with Crippen molar-refractivity contribution in [3.05, 3.63) is 70.3 Å². The fraction of sp³-hybridized carbons (Fsp3) is 0.660. The number of benzene rings is 2. The van der Waals surface area contributed by atoms with Crippen molar-refractivity contribution in [3.63, 3.8) is 0 Å². The highest BCUT2D eigenvalue weighted by atomic mass is 16.1. The van der Waals surface area contributed by atoms with Crippen LogP contribution < -0.4 is 0 Å². The molecule has 4 aliphatic carbocycles. The van der Waals surface area contributed by atoms with Gasteiger partial charge in [0, 0.05) is 48.9 Å². The van der Waals surface area contributed by atoms with Crippen molar-refractivity contribution < 1.29 is 19.2 Å². The first-order valence-electron chi connectivity index (χ1n) is 20.6. The van der Waals surface area contributed by atoms with Crippen LogP contribution in [0, 0.1) is 47.8 Å². The van der Waals surface area contributed by atoms with E-state index in [2.05, 4.69) is 64.1 Å². The topological polar surface area (TPSA) is 68.3 Å². The molecular formula is C47H64O4. The molecule has 2 atom stereocenters. The molecule has 0 aromatic heterocycles. The van der Waals surface area contributed by atoms with Crippen molar-refractivity contribution >= 4 is 23.1 Å². The Bertz CT molecular complexity index is 1570. The standard InChI is InChI=1S/C47H64O4/c1-31-15-24-40(46(2,3)4)25-39(31)26-41(48)29-47(5,45(51)36-22-16-33(17-23-36)32-11-7-6-8-12-32)30-44(50)35-20-18-34(19-21-35)42-27-37-13-9-10-14-38(37)28-43(42)49/h9-10,13-15,24-25,32-36,42H,6-8,11-12,16-23,26-30H2,1-5H3. The van der Waals surface area contributed by atoms with Crippen LogP contribution in [0.4, 0.5) is 0 Å². The molecule has 3 saturated carbocycles. The summed E-state index contributed by atoms with van der Waals surface area (Å²) in [5.41, 5.74) is 4.79. The highest BCUT2D eigenvalue weighted by Crippen LogP contribution is 2.45. The molecule has 2 unspecified atom stereocenters. The lowest BCUT2D eigenvalue weighted by Gasteiger charge is -2.39. The van der Waals surface area contributed by atoms with Gasteiger partial charge in [0.25, 0.3) is 0 Å². The Balaban J connectivity index is 1.13. The van der Waals surface area contributed by atoms with Crippen LogP contribution in [0.1, 0.15) is 152 Å². The van der Waals surface area contributed by atoms with Crippen LogP contribution >= 0.6 is 0 Å². The molecule has 0 spiro atoms. The van der Waals surface area contributed by atoms with E-state index in [0.29, 0.717) is 24.5 Å². The number of aryl methyl sites for hydroxylation is 1. The van der Waals surface area contributed by atoms with Gasteiger partial charge in [-0.2, -0.15) is 0 Å². The van der Waals surface area contributed by atoms with E-state index in [-0.39, 0.29) is 53.4 Å². The maximum atomic E-state index is 14.6. The van der Waals surface area contributed by atoms with E-state index in [1.54, 1.807) is 0 Å². The first-order chi connectivity index (χ1) is 24.3. The van der Waals surface area contributed by atoms with Gasteiger partial charge in [0.15, 0.2) is 0 Å². The van der Waals surface area contributed by atoms with Crippen LogP contribution in [0.3, 0.4) is 0 Å². The number of hydrogen-bond acceptors (Lipinski definition) is 4. The molecule has 0 heterocycles. The Hall–Kier alpha value is -2.88. The fourth-order valence-electron chi connectivity index (χ4n) is 10.6. The van der Waals surface area contributed by atoms with Gasteiger partial charge < -0.3 is 0 Å². The molecule has 6 rings (SSSR count). The summed E-state index contributed by atoms with van der Waals surface area (Å²) >= 11 is 0. The Kier molecular flexibility index (Phi) is 11.9. The van der Waals surface area contributed by atoms with E-state index >= 15 is 0 Å². The third-order valence-electron chi connectivity index (χ3n) is 13.9. The average molecular weight is 693 g/mol. The van der Waals surface area contributed by atoms with E-state index in [9.17, 15) is 19.2 Å². The van der Waals surface area contributed by atoms with Gasteiger partial charge >= 0.3 is 0 Å². The number of hydrogen-bond donors (Lipinski definition) is 0. The maximum absolute atomic E-state index is 14.6. The molecule has 4 nitrogen and oxygen atoms in total. The Morgan fingerprint density at radius 3 is 1.96 bits per heavy atom. The minimum atomic E-state index is -0.980. The zero-order valence-electron chi connectivity index (χ0n) is 32.4. The van der Waals surface area contributed by atoms with Crippen molar-refractivity contribution in [1.29, 1.82) is 0 Å². The summed E-state index contributed by atoms with van der Waals surface area (Å²) in [6.07, 6.45) is 16.0. The number of rotatable bonds is 11. The predicted molar refractivity (Wildman–Crippen MR) is 206 cm³/mol. The van der Waals surface area contributed by atoms with E-state index in [1.165, 1.54) is 48.8 Å². The Labute approximate surface area is 308 Å². The monoisotopic (exact) mass is 692 g/mol. The van der Waals surface area contributed by atoms with Crippen molar-refractivity contribution in [3.8, 4) is 0 Å². The summed E-state index contributed by atoms with van der Waals surface area (Å²) in [5, 5.41) is 0. The summed E-state index contributed by atoms with van der Waals surface area (Å²) in [6.45, 7) is 10.6. The third kappa shape index (κ3) is 9.02. The van der Waals surface area contributed by atoms with Gasteiger partial charge in [0.2, 0.25) is 0 Å². The largest absolute Gasteiger partial charge is 0.299 e. The van der Waals surface area contributed by atoms with E-state index in [0.717, 1.165) is 80.8 Å². The highest BCUT2D eigenvalue weighted by molar-refractivity contribution is 5.97. The lowest BCUT2D eigenvalue weighted by atomic mass is 9.64. The number of carbonyl (C=O) groups is 4. The number of carbonyl (C=O) groups excluding carboxylic acids is 4. The van der Waals surface area contributed by atoms with Crippen molar-refractivity contribution in [1.82, 2.24) is 0 Å². The molecule has 4 aliphatic rings. The molecule has 51 heavy (non-hydrogen) atoms. The van der Waals surface area contributed by atoms with Gasteiger partial charge in [-0.25, -0.2) is 0 Å². The second kappa shape index (κ2) is 16.0. The molecule has 0 radical (unpaired) electrons. The summed E-state index contributed by atoms with van der Waals surface area (Å²) in [5.74, 6) is 2.46. The normalized spacial score (nSPS) is 27.3. The molecule has 0 saturated heterocycles. The first kappa shape index (κ1) is 37.9. The van der Waals surface area contributed by atoms with Gasteiger partial charge in [-0.1, -0.05) is 102 Å². The number of fused-ring (bicyclic) bond motifs is 1. The number of ketones is 4. The SMILES string of the molecule is Cc1ccc(C(C)(C)C)cc1CC(=O)CC(C)(CC(=O)C1CCC(C2Cc3ccccc3CC2=O)CC1)C(=O)C1CCC(C2CCCCC2)CC1. The summed E-state index contributed by atoms with van der Waals surface area (Å²) < 4.78 is 0. The first-order valence-corrected chi connectivity index (χ1v) is 20.6. The Morgan fingerprint density at radius 1 is 0.686 bits per heavy atom. The van der Waals surface area contributed by atoms with Crippen LogP contribution in [-0.2, 0) is 43.9 Å². The second-order valence-electron chi connectivity index (χ2n) is 18.7. The second-order valence-corrected chi connectivity index (χ2v) is 18.7.